The zero-order chi connectivity index (χ0) is 24.3. The molecule has 0 atom stereocenters. The third kappa shape index (κ3) is 5.49. The number of benzene rings is 2. The standard InChI is InChI=1S/C24H17ClF3N5O/c1-14-4-5-15(22(34)31-19-11-17(24(26,27)28)10-18(25)12-19)9-21(14)33-23-30-8-6-20(32-23)16-3-2-7-29-13-16/h2-13H,1H3,(H,31,34)(H,30,32,33). The van der Waals surface area contributed by atoms with Gasteiger partial charge in [-0.05, 0) is 61.0 Å². The van der Waals surface area contributed by atoms with Crippen molar-refractivity contribution < 1.29 is 18.0 Å². The molecule has 0 fully saturated rings. The van der Waals surface area contributed by atoms with E-state index in [9.17, 15) is 18.0 Å². The third-order valence-corrected chi connectivity index (χ3v) is 5.06. The van der Waals surface area contributed by atoms with Crippen LogP contribution in [0, 0.1) is 6.92 Å². The van der Waals surface area contributed by atoms with Crippen LogP contribution in [-0.2, 0) is 6.18 Å². The lowest BCUT2D eigenvalue weighted by Crippen LogP contribution is -2.14. The molecule has 0 unspecified atom stereocenters. The maximum atomic E-state index is 13.1. The van der Waals surface area contributed by atoms with Crippen molar-refractivity contribution in [1.29, 1.82) is 0 Å². The highest BCUT2D eigenvalue weighted by atomic mass is 35.5. The van der Waals surface area contributed by atoms with Crippen molar-refractivity contribution in [2.45, 2.75) is 13.1 Å². The molecule has 0 bridgehead atoms. The molecular formula is C24H17ClF3N5O. The molecular weight excluding hydrogens is 467 g/mol. The van der Waals surface area contributed by atoms with E-state index in [1.165, 1.54) is 6.07 Å². The SMILES string of the molecule is Cc1ccc(C(=O)Nc2cc(Cl)cc(C(F)(F)F)c2)cc1Nc1nccc(-c2cccnc2)n1. The van der Waals surface area contributed by atoms with E-state index in [1.54, 1.807) is 48.9 Å². The number of carbonyl (C=O) groups is 1. The maximum Gasteiger partial charge on any atom is 0.416 e. The van der Waals surface area contributed by atoms with E-state index in [1.807, 2.05) is 13.0 Å². The molecule has 0 saturated carbocycles. The number of halogens is 4. The minimum atomic E-state index is -4.59. The van der Waals surface area contributed by atoms with E-state index >= 15 is 0 Å². The average Bonchev–Trinajstić information content (AvgIpc) is 2.80. The lowest BCUT2D eigenvalue weighted by Gasteiger charge is -2.13. The molecule has 2 N–H and O–H groups in total. The summed E-state index contributed by atoms with van der Waals surface area (Å²) in [5, 5.41) is 5.41. The first-order valence-corrected chi connectivity index (χ1v) is 10.4. The number of aryl methyl sites for hydroxylation is 1. The van der Waals surface area contributed by atoms with Crippen molar-refractivity contribution in [2.75, 3.05) is 10.6 Å². The van der Waals surface area contributed by atoms with Crippen LogP contribution in [0.2, 0.25) is 5.02 Å². The van der Waals surface area contributed by atoms with Gasteiger partial charge in [-0.2, -0.15) is 13.2 Å². The fourth-order valence-electron chi connectivity index (χ4n) is 3.14. The number of nitrogens with zero attached hydrogens (tertiary/aromatic N) is 3. The van der Waals surface area contributed by atoms with Crippen molar-refractivity contribution in [1.82, 2.24) is 15.0 Å². The Kier molecular flexibility index (Phi) is 6.47. The number of pyridine rings is 1. The molecule has 0 saturated heterocycles. The van der Waals surface area contributed by atoms with Gasteiger partial charge in [0.05, 0.1) is 11.3 Å². The van der Waals surface area contributed by atoms with Crippen molar-refractivity contribution >= 4 is 34.8 Å². The molecule has 4 rings (SSSR count). The van der Waals surface area contributed by atoms with Gasteiger partial charge in [0.15, 0.2) is 0 Å². The third-order valence-electron chi connectivity index (χ3n) is 4.84. The minimum Gasteiger partial charge on any atom is -0.324 e. The maximum absolute atomic E-state index is 13.1. The van der Waals surface area contributed by atoms with Crippen molar-refractivity contribution in [3.05, 3.63) is 94.9 Å². The fourth-order valence-corrected chi connectivity index (χ4v) is 3.38. The lowest BCUT2D eigenvalue weighted by molar-refractivity contribution is -0.137. The van der Waals surface area contributed by atoms with Crippen LogP contribution in [0.5, 0.6) is 0 Å². The summed E-state index contributed by atoms with van der Waals surface area (Å²) in [6.07, 6.45) is 0.357. The smallest absolute Gasteiger partial charge is 0.324 e. The number of anilines is 3. The van der Waals surface area contributed by atoms with Gasteiger partial charge in [-0.25, -0.2) is 9.97 Å². The summed E-state index contributed by atoms with van der Waals surface area (Å²) in [4.78, 5) is 25.5. The first-order valence-electron chi connectivity index (χ1n) is 9.99. The van der Waals surface area contributed by atoms with Crippen LogP contribution < -0.4 is 10.6 Å². The van der Waals surface area contributed by atoms with Crippen LogP contribution in [0.3, 0.4) is 0 Å². The van der Waals surface area contributed by atoms with E-state index in [0.29, 0.717) is 17.3 Å². The zero-order valence-corrected chi connectivity index (χ0v) is 18.4. The Bertz CT molecular complexity index is 1350. The molecule has 2 aromatic carbocycles. The topological polar surface area (TPSA) is 79.8 Å². The summed E-state index contributed by atoms with van der Waals surface area (Å²) in [6.45, 7) is 1.83. The van der Waals surface area contributed by atoms with Gasteiger partial charge in [0.25, 0.3) is 5.91 Å². The second-order valence-corrected chi connectivity index (χ2v) is 7.78. The highest BCUT2D eigenvalue weighted by molar-refractivity contribution is 6.31. The van der Waals surface area contributed by atoms with Gasteiger partial charge in [-0.1, -0.05) is 17.7 Å². The summed E-state index contributed by atoms with van der Waals surface area (Å²) in [6, 6.07) is 13.1. The zero-order valence-electron chi connectivity index (χ0n) is 17.7. The summed E-state index contributed by atoms with van der Waals surface area (Å²) in [7, 11) is 0. The number of carbonyl (C=O) groups excluding carboxylic acids is 1. The monoisotopic (exact) mass is 483 g/mol. The van der Waals surface area contributed by atoms with E-state index in [0.717, 1.165) is 23.3 Å². The normalized spacial score (nSPS) is 11.2. The van der Waals surface area contributed by atoms with Crippen LogP contribution in [0.1, 0.15) is 21.5 Å². The van der Waals surface area contributed by atoms with Gasteiger partial charge < -0.3 is 10.6 Å². The summed E-state index contributed by atoms with van der Waals surface area (Å²) >= 11 is 5.80. The molecule has 172 valence electrons. The molecule has 10 heteroatoms. The van der Waals surface area contributed by atoms with E-state index in [-0.39, 0.29) is 16.3 Å². The second kappa shape index (κ2) is 9.48. The minimum absolute atomic E-state index is 0.0626. The molecule has 0 aliphatic carbocycles. The Balaban J connectivity index is 1.56. The summed E-state index contributed by atoms with van der Waals surface area (Å²) in [5.74, 6) is -0.282. The van der Waals surface area contributed by atoms with Gasteiger partial charge in [-0.3, -0.25) is 9.78 Å². The Labute approximate surface area is 197 Å². The summed E-state index contributed by atoms with van der Waals surface area (Å²) in [5.41, 5.74) is 2.08. The largest absolute Gasteiger partial charge is 0.416 e. The predicted octanol–water partition coefficient (Wildman–Crippen LogP) is 6.52. The highest BCUT2D eigenvalue weighted by Crippen LogP contribution is 2.33. The van der Waals surface area contributed by atoms with E-state index < -0.39 is 17.6 Å². The van der Waals surface area contributed by atoms with Crippen LogP contribution in [0.25, 0.3) is 11.3 Å². The Morgan fingerprint density at radius 2 is 1.85 bits per heavy atom. The number of amides is 1. The molecule has 0 radical (unpaired) electrons. The first-order chi connectivity index (χ1) is 16.2. The van der Waals surface area contributed by atoms with Crippen LogP contribution in [-0.4, -0.2) is 20.9 Å². The molecule has 0 aliphatic heterocycles. The second-order valence-electron chi connectivity index (χ2n) is 7.34. The van der Waals surface area contributed by atoms with E-state index in [2.05, 4.69) is 25.6 Å². The van der Waals surface area contributed by atoms with Crippen LogP contribution in [0.4, 0.5) is 30.5 Å². The predicted molar refractivity (Wildman–Crippen MR) is 124 cm³/mol. The molecule has 2 heterocycles. The number of alkyl halides is 3. The van der Waals surface area contributed by atoms with Gasteiger partial charge in [0, 0.05) is 46.1 Å². The number of nitrogens with one attached hydrogen (secondary N) is 2. The van der Waals surface area contributed by atoms with Crippen molar-refractivity contribution in [3.8, 4) is 11.3 Å². The summed E-state index contributed by atoms with van der Waals surface area (Å²) < 4.78 is 39.2. The average molecular weight is 484 g/mol. The van der Waals surface area contributed by atoms with Crippen LogP contribution in [0.15, 0.2) is 73.2 Å². The lowest BCUT2D eigenvalue weighted by atomic mass is 10.1. The number of aromatic nitrogens is 3. The Morgan fingerprint density at radius 3 is 2.59 bits per heavy atom. The Morgan fingerprint density at radius 1 is 1.03 bits per heavy atom. The molecule has 0 aliphatic rings. The van der Waals surface area contributed by atoms with Gasteiger partial charge in [-0.15, -0.1) is 0 Å². The molecule has 4 aromatic rings. The number of hydrogen-bond donors (Lipinski definition) is 2. The number of hydrogen-bond acceptors (Lipinski definition) is 5. The highest BCUT2D eigenvalue weighted by Gasteiger charge is 2.31. The van der Waals surface area contributed by atoms with Gasteiger partial charge in [0.1, 0.15) is 0 Å². The fraction of sp³-hybridized carbons (Fsp3) is 0.0833. The van der Waals surface area contributed by atoms with Crippen molar-refractivity contribution in [3.63, 3.8) is 0 Å². The quantitative estimate of drug-likeness (QED) is 0.338. The van der Waals surface area contributed by atoms with Crippen LogP contribution >= 0.6 is 11.6 Å². The van der Waals surface area contributed by atoms with E-state index in [4.69, 9.17) is 11.6 Å². The van der Waals surface area contributed by atoms with Gasteiger partial charge in [0.2, 0.25) is 5.95 Å². The molecule has 0 spiro atoms. The molecule has 6 nitrogen and oxygen atoms in total. The van der Waals surface area contributed by atoms with Crippen molar-refractivity contribution in [2.24, 2.45) is 0 Å². The first kappa shape index (κ1) is 23.2. The molecule has 1 amide bonds. The number of rotatable bonds is 5. The molecule has 34 heavy (non-hydrogen) atoms. The van der Waals surface area contributed by atoms with Gasteiger partial charge >= 0.3 is 6.18 Å². The Hall–Kier alpha value is -3.98. The molecule has 2 aromatic heterocycles.